The minimum Gasteiger partial charge on any atom is -0.358 e. The summed E-state index contributed by atoms with van der Waals surface area (Å²) in [5, 5.41) is 2.81. The molecular formula is C24H30N4O2. The molecule has 0 bridgehead atoms. The van der Waals surface area contributed by atoms with Crippen molar-refractivity contribution in [3.05, 3.63) is 65.5 Å². The maximum absolute atomic E-state index is 13.6. The molecule has 0 saturated carbocycles. The van der Waals surface area contributed by atoms with Crippen molar-refractivity contribution in [1.82, 2.24) is 20.1 Å². The Labute approximate surface area is 178 Å². The molecule has 0 aliphatic carbocycles. The van der Waals surface area contributed by atoms with E-state index in [1.165, 1.54) is 12.8 Å². The maximum Gasteiger partial charge on any atom is 0.254 e. The molecule has 2 aromatic rings. The molecule has 6 nitrogen and oxygen atoms in total. The standard InChI is InChI=1S/C24H30N4O2/c1-25-23(30)24(21-11-4-5-13-26-21)12-8-16-28(18-24)22(29)20-10-3-2-9-19(20)17-27-14-6-7-15-27/h2-5,9-11,13H,6-8,12,14-18H2,1H3,(H,25,30)/t24-/m1/s1. The van der Waals surface area contributed by atoms with E-state index in [4.69, 9.17) is 0 Å². The number of carbonyl (C=O) groups is 2. The summed E-state index contributed by atoms with van der Waals surface area (Å²) in [4.78, 5) is 35.3. The van der Waals surface area contributed by atoms with Crippen molar-refractivity contribution in [3.8, 4) is 0 Å². The number of hydrogen-bond acceptors (Lipinski definition) is 4. The first kappa shape index (κ1) is 20.5. The lowest BCUT2D eigenvalue weighted by atomic mass is 9.75. The van der Waals surface area contributed by atoms with Gasteiger partial charge in [0.1, 0.15) is 5.41 Å². The number of carbonyl (C=O) groups excluding carboxylic acids is 2. The number of piperidine rings is 1. The van der Waals surface area contributed by atoms with Crippen LogP contribution in [-0.4, -0.2) is 59.8 Å². The Morgan fingerprint density at radius 3 is 2.53 bits per heavy atom. The number of amides is 2. The van der Waals surface area contributed by atoms with Crippen LogP contribution in [0.4, 0.5) is 0 Å². The van der Waals surface area contributed by atoms with E-state index in [2.05, 4.69) is 21.3 Å². The largest absolute Gasteiger partial charge is 0.358 e. The Kier molecular flexibility index (Phi) is 6.13. The van der Waals surface area contributed by atoms with Gasteiger partial charge in [-0.1, -0.05) is 24.3 Å². The van der Waals surface area contributed by atoms with E-state index in [0.717, 1.165) is 42.9 Å². The van der Waals surface area contributed by atoms with Crippen LogP contribution in [0.25, 0.3) is 0 Å². The summed E-state index contributed by atoms with van der Waals surface area (Å²) in [5.74, 6) is -0.0715. The Balaban J connectivity index is 1.61. The molecule has 0 spiro atoms. The molecular weight excluding hydrogens is 376 g/mol. The molecule has 2 aliphatic rings. The van der Waals surface area contributed by atoms with Gasteiger partial charge in [-0.15, -0.1) is 0 Å². The average Bonchev–Trinajstić information content (AvgIpc) is 3.32. The number of hydrogen-bond donors (Lipinski definition) is 1. The van der Waals surface area contributed by atoms with Gasteiger partial charge in [0.05, 0.1) is 5.69 Å². The zero-order valence-electron chi connectivity index (χ0n) is 17.6. The van der Waals surface area contributed by atoms with E-state index in [0.29, 0.717) is 19.5 Å². The minimum atomic E-state index is -0.812. The molecule has 0 radical (unpaired) electrons. The molecule has 3 heterocycles. The molecule has 158 valence electrons. The Morgan fingerprint density at radius 2 is 1.80 bits per heavy atom. The zero-order chi connectivity index (χ0) is 21.0. The molecule has 30 heavy (non-hydrogen) atoms. The fraction of sp³-hybridized carbons (Fsp3) is 0.458. The summed E-state index contributed by atoms with van der Waals surface area (Å²) in [5.41, 5.74) is 1.73. The maximum atomic E-state index is 13.6. The zero-order valence-corrected chi connectivity index (χ0v) is 17.6. The SMILES string of the molecule is CNC(=O)[C@]1(c2ccccn2)CCCN(C(=O)c2ccccc2CN2CCCC2)C1. The van der Waals surface area contributed by atoms with Gasteiger partial charge < -0.3 is 10.2 Å². The van der Waals surface area contributed by atoms with Gasteiger partial charge in [0.25, 0.3) is 5.91 Å². The monoisotopic (exact) mass is 406 g/mol. The predicted molar refractivity (Wildman–Crippen MR) is 116 cm³/mol. The van der Waals surface area contributed by atoms with Crippen LogP contribution in [0, 0.1) is 0 Å². The smallest absolute Gasteiger partial charge is 0.254 e. The van der Waals surface area contributed by atoms with Crippen LogP contribution < -0.4 is 5.32 Å². The summed E-state index contributed by atoms with van der Waals surface area (Å²) in [6, 6.07) is 13.5. The highest BCUT2D eigenvalue weighted by molar-refractivity contribution is 5.97. The van der Waals surface area contributed by atoms with Crippen LogP contribution >= 0.6 is 0 Å². The third-order valence-electron chi connectivity index (χ3n) is 6.44. The van der Waals surface area contributed by atoms with Gasteiger partial charge >= 0.3 is 0 Å². The van der Waals surface area contributed by atoms with Crippen LogP contribution in [0.3, 0.4) is 0 Å². The van der Waals surface area contributed by atoms with Crippen molar-refractivity contribution in [2.45, 2.75) is 37.6 Å². The second-order valence-electron chi connectivity index (χ2n) is 8.35. The summed E-state index contributed by atoms with van der Waals surface area (Å²) in [6.07, 6.45) is 5.61. The van der Waals surface area contributed by atoms with E-state index in [9.17, 15) is 9.59 Å². The van der Waals surface area contributed by atoms with Gasteiger partial charge in [-0.2, -0.15) is 0 Å². The quantitative estimate of drug-likeness (QED) is 0.829. The van der Waals surface area contributed by atoms with Gasteiger partial charge in [0.2, 0.25) is 5.91 Å². The molecule has 2 amide bonds. The highest BCUT2D eigenvalue weighted by atomic mass is 16.2. The average molecular weight is 407 g/mol. The van der Waals surface area contributed by atoms with Gasteiger partial charge in [-0.25, -0.2) is 0 Å². The summed E-state index contributed by atoms with van der Waals surface area (Å²) in [6.45, 7) is 3.98. The molecule has 6 heteroatoms. The summed E-state index contributed by atoms with van der Waals surface area (Å²) >= 11 is 0. The van der Waals surface area contributed by atoms with Crippen LogP contribution in [0.1, 0.15) is 47.3 Å². The van der Waals surface area contributed by atoms with Crippen molar-refractivity contribution >= 4 is 11.8 Å². The van der Waals surface area contributed by atoms with Crippen molar-refractivity contribution in [1.29, 1.82) is 0 Å². The number of nitrogens with one attached hydrogen (secondary N) is 1. The van der Waals surface area contributed by atoms with E-state index in [1.54, 1.807) is 13.2 Å². The number of nitrogens with zero attached hydrogens (tertiary/aromatic N) is 3. The Morgan fingerprint density at radius 1 is 1.03 bits per heavy atom. The number of likely N-dealkylation sites (tertiary alicyclic amines) is 2. The molecule has 2 saturated heterocycles. The van der Waals surface area contributed by atoms with E-state index >= 15 is 0 Å². The van der Waals surface area contributed by atoms with Crippen LogP contribution in [0.2, 0.25) is 0 Å². The van der Waals surface area contributed by atoms with Gasteiger partial charge in [-0.3, -0.25) is 19.5 Å². The lowest BCUT2D eigenvalue weighted by Gasteiger charge is -2.41. The summed E-state index contributed by atoms with van der Waals surface area (Å²) < 4.78 is 0. The molecule has 1 atom stereocenters. The van der Waals surface area contributed by atoms with E-state index in [1.807, 2.05) is 41.3 Å². The number of likely N-dealkylation sites (N-methyl/N-ethyl adjacent to an activating group) is 1. The number of aromatic nitrogens is 1. The molecule has 4 rings (SSSR count). The molecule has 2 aliphatic heterocycles. The fourth-order valence-electron chi connectivity index (χ4n) is 4.84. The molecule has 0 unspecified atom stereocenters. The van der Waals surface area contributed by atoms with Crippen molar-refractivity contribution < 1.29 is 9.59 Å². The molecule has 1 aromatic carbocycles. The third-order valence-corrected chi connectivity index (χ3v) is 6.44. The second-order valence-corrected chi connectivity index (χ2v) is 8.35. The number of rotatable bonds is 5. The predicted octanol–water partition coefficient (Wildman–Crippen LogP) is 2.60. The van der Waals surface area contributed by atoms with Crippen LogP contribution in [-0.2, 0) is 16.8 Å². The first-order chi connectivity index (χ1) is 14.6. The lowest BCUT2D eigenvalue weighted by molar-refractivity contribution is -0.128. The highest BCUT2D eigenvalue weighted by Crippen LogP contribution is 2.34. The van der Waals surface area contributed by atoms with E-state index in [-0.39, 0.29) is 11.8 Å². The topological polar surface area (TPSA) is 65.5 Å². The fourth-order valence-corrected chi connectivity index (χ4v) is 4.84. The van der Waals surface area contributed by atoms with Crippen LogP contribution in [0.5, 0.6) is 0 Å². The van der Waals surface area contributed by atoms with Crippen molar-refractivity contribution in [2.75, 3.05) is 33.2 Å². The first-order valence-corrected chi connectivity index (χ1v) is 10.9. The first-order valence-electron chi connectivity index (χ1n) is 10.9. The van der Waals surface area contributed by atoms with Crippen LogP contribution in [0.15, 0.2) is 48.7 Å². The lowest BCUT2D eigenvalue weighted by Crippen LogP contribution is -2.56. The summed E-state index contributed by atoms with van der Waals surface area (Å²) in [7, 11) is 1.65. The van der Waals surface area contributed by atoms with Gasteiger partial charge in [-0.05, 0) is 62.5 Å². The normalized spacial score (nSPS) is 22.1. The Hall–Kier alpha value is -2.73. The van der Waals surface area contributed by atoms with Crippen molar-refractivity contribution in [2.24, 2.45) is 0 Å². The molecule has 1 N–H and O–H groups in total. The second kappa shape index (κ2) is 8.96. The minimum absolute atomic E-state index is 0.00806. The molecule has 2 fully saturated rings. The number of pyridine rings is 1. The number of benzene rings is 1. The molecule has 1 aromatic heterocycles. The Bertz CT molecular complexity index is 895. The van der Waals surface area contributed by atoms with E-state index < -0.39 is 5.41 Å². The van der Waals surface area contributed by atoms with Gasteiger partial charge in [0.15, 0.2) is 0 Å². The third kappa shape index (κ3) is 3.97. The van der Waals surface area contributed by atoms with Gasteiger partial charge in [0, 0.05) is 38.4 Å². The highest BCUT2D eigenvalue weighted by Gasteiger charge is 2.45. The van der Waals surface area contributed by atoms with Crippen molar-refractivity contribution in [3.63, 3.8) is 0 Å².